The van der Waals surface area contributed by atoms with Crippen LogP contribution in [-0.4, -0.2) is 54.9 Å². The highest BCUT2D eigenvalue weighted by Gasteiger charge is 2.32. The summed E-state index contributed by atoms with van der Waals surface area (Å²) >= 11 is 0. The molecule has 0 saturated carbocycles. The van der Waals surface area contributed by atoms with Crippen molar-refractivity contribution in [3.63, 3.8) is 0 Å². The highest BCUT2D eigenvalue weighted by atomic mass is 16.5. The van der Waals surface area contributed by atoms with Crippen molar-refractivity contribution >= 4 is 22.8 Å². The molecule has 4 aromatic rings. The molecular formula is C24H24N6O3. The van der Waals surface area contributed by atoms with Crippen molar-refractivity contribution in [3.05, 3.63) is 60.9 Å². The molecule has 1 aliphatic rings. The molecule has 2 atom stereocenters. The molecule has 9 nitrogen and oxygen atoms in total. The van der Waals surface area contributed by atoms with E-state index in [0.29, 0.717) is 47.8 Å². The van der Waals surface area contributed by atoms with E-state index in [1.807, 2.05) is 59.3 Å². The van der Waals surface area contributed by atoms with Crippen molar-refractivity contribution in [1.82, 2.24) is 24.6 Å². The predicted octanol–water partition coefficient (Wildman–Crippen LogP) is 3.02. The number of nitrogens with two attached hydrogens (primary N) is 1. The number of benzene rings is 2. The zero-order valence-electron chi connectivity index (χ0n) is 18.1. The molecule has 1 saturated heterocycles. The number of amides is 1. The number of hydrogen-bond donors (Lipinski definition) is 2. The van der Waals surface area contributed by atoms with Gasteiger partial charge in [-0.2, -0.15) is 5.10 Å². The quantitative estimate of drug-likeness (QED) is 0.485. The number of nitrogen functional groups attached to an aromatic ring is 1. The summed E-state index contributed by atoms with van der Waals surface area (Å²) in [6, 6.07) is 17.1. The van der Waals surface area contributed by atoms with Crippen molar-refractivity contribution in [1.29, 1.82) is 0 Å². The lowest BCUT2D eigenvalue weighted by Crippen LogP contribution is -2.36. The van der Waals surface area contributed by atoms with E-state index in [9.17, 15) is 9.90 Å². The molecule has 1 amide bonds. The van der Waals surface area contributed by atoms with Gasteiger partial charge in [0.2, 0.25) is 0 Å². The highest BCUT2D eigenvalue weighted by molar-refractivity contribution is 5.98. The van der Waals surface area contributed by atoms with Gasteiger partial charge in [-0.15, -0.1) is 0 Å². The standard InChI is InChI=1S/C24H24N6O3/c1-15(31)24(32)29-12-11-17(13-29)30-23-20(22(25)26-14-27-23)21(28-30)16-7-9-19(10-8-16)33-18-5-3-2-4-6-18/h2-10,14-15,17,31H,11-13H2,1H3,(H2,25,26,27). The number of rotatable bonds is 5. The fourth-order valence-electron chi connectivity index (χ4n) is 4.16. The number of anilines is 1. The lowest BCUT2D eigenvalue weighted by atomic mass is 10.1. The first-order valence-corrected chi connectivity index (χ1v) is 10.8. The van der Waals surface area contributed by atoms with Crippen LogP contribution in [0.4, 0.5) is 5.82 Å². The normalized spacial score (nSPS) is 16.8. The molecule has 3 N–H and O–H groups in total. The predicted molar refractivity (Wildman–Crippen MR) is 124 cm³/mol. The van der Waals surface area contributed by atoms with Crippen LogP contribution < -0.4 is 10.5 Å². The number of ether oxygens (including phenoxy) is 1. The first kappa shape index (κ1) is 20.9. The van der Waals surface area contributed by atoms with E-state index >= 15 is 0 Å². The van der Waals surface area contributed by atoms with Gasteiger partial charge >= 0.3 is 0 Å². The molecule has 0 radical (unpaired) electrons. The molecular weight excluding hydrogens is 420 g/mol. The minimum Gasteiger partial charge on any atom is -0.457 e. The maximum absolute atomic E-state index is 12.2. The molecule has 2 aromatic heterocycles. The lowest BCUT2D eigenvalue weighted by Gasteiger charge is -2.18. The van der Waals surface area contributed by atoms with Gasteiger partial charge in [0, 0.05) is 18.7 Å². The van der Waals surface area contributed by atoms with E-state index < -0.39 is 6.10 Å². The van der Waals surface area contributed by atoms with E-state index in [2.05, 4.69) is 9.97 Å². The van der Waals surface area contributed by atoms with E-state index in [0.717, 1.165) is 11.3 Å². The van der Waals surface area contributed by atoms with Gasteiger partial charge in [-0.25, -0.2) is 14.6 Å². The third-order valence-electron chi connectivity index (χ3n) is 5.80. The minimum absolute atomic E-state index is 0.0704. The number of aliphatic hydroxyl groups excluding tert-OH is 1. The Balaban J connectivity index is 1.48. The van der Waals surface area contributed by atoms with Gasteiger partial charge in [0.1, 0.15) is 35.4 Å². The van der Waals surface area contributed by atoms with Gasteiger partial charge in [0.25, 0.3) is 5.91 Å². The van der Waals surface area contributed by atoms with Gasteiger partial charge in [-0.3, -0.25) is 4.79 Å². The molecule has 3 heterocycles. The molecule has 5 rings (SSSR count). The van der Waals surface area contributed by atoms with Crippen LogP contribution in [0.3, 0.4) is 0 Å². The molecule has 0 bridgehead atoms. The summed E-state index contributed by atoms with van der Waals surface area (Å²) in [6.07, 6.45) is 1.11. The maximum atomic E-state index is 12.2. The number of aliphatic hydroxyl groups is 1. The van der Waals surface area contributed by atoms with E-state index in [1.54, 1.807) is 4.90 Å². The minimum atomic E-state index is -1.02. The molecule has 0 spiro atoms. The molecule has 1 aliphatic heterocycles. The Hall–Kier alpha value is -3.98. The van der Waals surface area contributed by atoms with Gasteiger partial charge < -0.3 is 20.5 Å². The zero-order chi connectivity index (χ0) is 22.9. The van der Waals surface area contributed by atoms with Crippen LogP contribution in [0.1, 0.15) is 19.4 Å². The average molecular weight is 444 g/mol. The van der Waals surface area contributed by atoms with E-state index in [-0.39, 0.29) is 11.9 Å². The first-order chi connectivity index (χ1) is 16.0. The number of carbonyl (C=O) groups is 1. The number of hydrogen-bond acceptors (Lipinski definition) is 7. The molecule has 168 valence electrons. The van der Waals surface area contributed by atoms with Crippen LogP contribution in [0.25, 0.3) is 22.3 Å². The Morgan fingerprint density at radius 1 is 1.12 bits per heavy atom. The Kier molecular flexibility index (Phi) is 5.39. The number of carbonyl (C=O) groups excluding carboxylic acids is 1. The average Bonchev–Trinajstić information content (AvgIpc) is 3.46. The SMILES string of the molecule is CC(O)C(=O)N1CCC(n2nc(-c3ccc(Oc4ccccc4)cc3)c3c(N)ncnc32)C1. The fourth-order valence-corrected chi connectivity index (χ4v) is 4.16. The monoisotopic (exact) mass is 444 g/mol. The maximum Gasteiger partial charge on any atom is 0.251 e. The zero-order valence-corrected chi connectivity index (χ0v) is 18.1. The number of likely N-dealkylation sites (tertiary alicyclic amines) is 1. The molecule has 33 heavy (non-hydrogen) atoms. The van der Waals surface area contributed by atoms with Gasteiger partial charge in [0.05, 0.1) is 11.4 Å². The van der Waals surface area contributed by atoms with Gasteiger partial charge in [0.15, 0.2) is 5.65 Å². The number of nitrogens with zero attached hydrogens (tertiary/aromatic N) is 5. The van der Waals surface area contributed by atoms with Gasteiger partial charge in [-0.1, -0.05) is 18.2 Å². The second kappa shape index (κ2) is 8.51. The lowest BCUT2D eigenvalue weighted by molar-refractivity contribution is -0.138. The van der Waals surface area contributed by atoms with E-state index in [1.165, 1.54) is 13.3 Å². The molecule has 0 aliphatic carbocycles. The Morgan fingerprint density at radius 2 is 1.85 bits per heavy atom. The second-order valence-electron chi connectivity index (χ2n) is 8.09. The van der Waals surface area contributed by atoms with Crippen LogP contribution in [0.2, 0.25) is 0 Å². The van der Waals surface area contributed by atoms with Crippen LogP contribution in [-0.2, 0) is 4.79 Å². The summed E-state index contributed by atoms with van der Waals surface area (Å²) in [6.45, 7) is 2.49. The third-order valence-corrected chi connectivity index (χ3v) is 5.80. The second-order valence-corrected chi connectivity index (χ2v) is 8.09. The van der Waals surface area contributed by atoms with Crippen LogP contribution in [0.5, 0.6) is 11.5 Å². The molecule has 2 aromatic carbocycles. The summed E-state index contributed by atoms with van der Waals surface area (Å²) in [7, 11) is 0. The summed E-state index contributed by atoms with van der Waals surface area (Å²) in [5, 5.41) is 15.2. The highest BCUT2D eigenvalue weighted by Crippen LogP contribution is 2.35. The van der Waals surface area contributed by atoms with Crippen molar-refractivity contribution in [2.45, 2.75) is 25.5 Å². The summed E-state index contributed by atoms with van der Waals surface area (Å²) < 4.78 is 7.71. The molecule has 9 heteroatoms. The largest absolute Gasteiger partial charge is 0.457 e. The molecule has 1 fully saturated rings. The fraction of sp³-hybridized carbons (Fsp3) is 0.250. The molecule has 2 unspecified atom stereocenters. The summed E-state index contributed by atoms with van der Waals surface area (Å²) in [5.41, 5.74) is 8.38. The topological polar surface area (TPSA) is 119 Å². The van der Waals surface area contributed by atoms with Crippen molar-refractivity contribution in [2.24, 2.45) is 0 Å². The van der Waals surface area contributed by atoms with Crippen LogP contribution >= 0.6 is 0 Å². The van der Waals surface area contributed by atoms with Crippen molar-refractivity contribution < 1.29 is 14.6 Å². The Morgan fingerprint density at radius 3 is 2.58 bits per heavy atom. The third kappa shape index (κ3) is 3.98. The Labute approximate surface area is 190 Å². The van der Waals surface area contributed by atoms with Gasteiger partial charge in [-0.05, 0) is 49.7 Å². The number of para-hydroxylation sites is 1. The first-order valence-electron chi connectivity index (χ1n) is 10.8. The van der Waals surface area contributed by atoms with Crippen molar-refractivity contribution in [3.8, 4) is 22.8 Å². The number of aromatic nitrogens is 4. The summed E-state index contributed by atoms with van der Waals surface area (Å²) in [5.74, 6) is 1.54. The van der Waals surface area contributed by atoms with Crippen molar-refractivity contribution in [2.75, 3.05) is 18.8 Å². The van der Waals surface area contributed by atoms with Crippen LogP contribution in [0.15, 0.2) is 60.9 Å². The smallest absolute Gasteiger partial charge is 0.251 e. The summed E-state index contributed by atoms with van der Waals surface area (Å²) in [4.78, 5) is 22.5. The number of fused-ring (bicyclic) bond motifs is 1. The Bertz CT molecular complexity index is 1290. The van der Waals surface area contributed by atoms with E-state index in [4.69, 9.17) is 15.6 Å². The van der Waals surface area contributed by atoms with Crippen LogP contribution in [0, 0.1) is 0 Å².